The molecule has 2 rings (SSSR count). The van der Waals surface area contributed by atoms with Crippen LogP contribution < -0.4 is 10.6 Å². The van der Waals surface area contributed by atoms with E-state index in [0.717, 1.165) is 19.6 Å². The summed E-state index contributed by atoms with van der Waals surface area (Å²) in [5.74, 6) is -0.0332. The molecule has 1 aromatic carbocycles. The van der Waals surface area contributed by atoms with Crippen LogP contribution in [0, 0.1) is 0 Å². The van der Waals surface area contributed by atoms with Crippen molar-refractivity contribution in [2.45, 2.75) is 32.4 Å². The molecule has 1 heterocycles. The molecular weight excluding hydrogens is 302 g/mol. The van der Waals surface area contributed by atoms with Gasteiger partial charge in [0.1, 0.15) is 0 Å². The first-order valence-electron chi connectivity index (χ1n) is 7.44. The highest BCUT2D eigenvalue weighted by molar-refractivity contribution is 5.94. The van der Waals surface area contributed by atoms with E-state index in [-0.39, 0.29) is 36.3 Å². The Morgan fingerprint density at radius 1 is 1.36 bits per heavy atom. The van der Waals surface area contributed by atoms with Gasteiger partial charge < -0.3 is 15.5 Å². The number of halogens is 1. The fourth-order valence-electron chi connectivity index (χ4n) is 2.54. The molecule has 5 nitrogen and oxygen atoms in total. The topological polar surface area (TPSA) is 61.4 Å². The van der Waals surface area contributed by atoms with E-state index in [1.807, 2.05) is 36.9 Å². The zero-order valence-corrected chi connectivity index (χ0v) is 13.9. The number of hydrogen-bond donors (Lipinski definition) is 2. The quantitative estimate of drug-likeness (QED) is 0.880. The molecule has 0 aromatic heterocycles. The molecule has 0 bridgehead atoms. The maximum Gasteiger partial charge on any atom is 0.251 e. The lowest BCUT2D eigenvalue weighted by atomic mass is 10.1. The summed E-state index contributed by atoms with van der Waals surface area (Å²) in [5, 5.41) is 6.14. The van der Waals surface area contributed by atoms with Crippen LogP contribution in [0.25, 0.3) is 0 Å². The van der Waals surface area contributed by atoms with Crippen LogP contribution in [-0.4, -0.2) is 48.4 Å². The fourth-order valence-corrected chi connectivity index (χ4v) is 2.54. The van der Waals surface area contributed by atoms with Gasteiger partial charge in [0.25, 0.3) is 5.91 Å². The summed E-state index contributed by atoms with van der Waals surface area (Å²) in [5.41, 5.74) is 0.618. The monoisotopic (exact) mass is 325 g/mol. The van der Waals surface area contributed by atoms with Crippen molar-refractivity contribution in [1.29, 1.82) is 0 Å². The highest BCUT2D eigenvalue weighted by atomic mass is 35.5. The second-order valence-corrected chi connectivity index (χ2v) is 5.58. The average Bonchev–Trinajstić information content (AvgIpc) is 2.48. The Labute approximate surface area is 137 Å². The SMILES string of the molecule is CC(CC(=O)N1CCNC[C@H]1C)NC(=O)c1ccccc1.Cl. The average molecular weight is 326 g/mol. The normalized spacial score (nSPS) is 19.0. The summed E-state index contributed by atoms with van der Waals surface area (Å²) in [6, 6.07) is 9.09. The largest absolute Gasteiger partial charge is 0.349 e. The molecule has 6 heteroatoms. The van der Waals surface area contributed by atoms with Crippen molar-refractivity contribution in [1.82, 2.24) is 15.5 Å². The van der Waals surface area contributed by atoms with E-state index in [9.17, 15) is 9.59 Å². The lowest BCUT2D eigenvalue weighted by Crippen LogP contribution is -2.53. The number of hydrogen-bond acceptors (Lipinski definition) is 3. The molecule has 122 valence electrons. The van der Waals surface area contributed by atoms with Gasteiger partial charge in [-0.1, -0.05) is 18.2 Å². The first-order valence-corrected chi connectivity index (χ1v) is 7.44. The van der Waals surface area contributed by atoms with Crippen LogP contribution in [0.1, 0.15) is 30.6 Å². The molecule has 0 spiro atoms. The van der Waals surface area contributed by atoms with Gasteiger partial charge in [-0.3, -0.25) is 9.59 Å². The molecule has 0 radical (unpaired) electrons. The summed E-state index contributed by atoms with van der Waals surface area (Å²) in [4.78, 5) is 26.2. The predicted molar refractivity (Wildman–Crippen MR) is 89.3 cm³/mol. The van der Waals surface area contributed by atoms with E-state index < -0.39 is 0 Å². The molecule has 1 aliphatic heterocycles. The Balaban J connectivity index is 0.00000242. The van der Waals surface area contributed by atoms with Gasteiger partial charge in [0.2, 0.25) is 5.91 Å². The van der Waals surface area contributed by atoms with Crippen molar-refractivity contribution in [3.63, 3.8) is 0 Å². The number of rotatable bonds is 4. The highest BCUT2D eigenvalue weighted by Crippen LogP contribution is 2.07. The Morgan fingerprint density at radius 2 is 2.05 bits per heavy atom. The molecule has 0 saturated carbocycles. The van der Waals surface area contributed by atoms with Crippen molar-refractivity contribution in [3.05, 3.63) is 35.9 Å². The number of carbonyl (C=O) groups is 2. The minimum Gasteiger partial charge on any atom is -0.349 e. The number of benzene rings is 1. The number of piperazine rings is 1. The van der Waals surface area contributed by atoms with Crippen LogP contribution in [-0.2, 0) is 4.79 Å². The molecule has 1 aromatic rings. The van der Waals surface area contributed by atoms with Crippen molar-refractivity contribution in [2.24, 2.45) is 0 Å². The van der Waals surface area contributed by atoms with Crippen LogP contribution in [0.5, 0.6) is 0 Å². The van der Waals surface area contributed by atoms with E-state index in [1.165, 1.54) is 0 Å². The second kappa shape index (κ2) is 8.76. The zero-order valence-electron chi connectivity index (χ0n) is 13.0. The smallest absolute Gasteiger partial charge is 0.251 e. The molecule has 2 amide bonds. The van der Waals surface area contributed by atoms with Crippen LogP contribution in [0.15, 0.2) is 30.3 Å². The Hall–Kier alpha value is -1.59. The molecule has 1 unspecified atom stereocenters. The molecule has 1 saturated heterocycles. The Morgan fingerprint density at radius 3 is 2.68 bits per heavy atom. The summed E-state index contributed by atoms with van der Waals surface area (Å²) in [6.07, 6.45) is 0.336. The number of nitrogens with zero attached hydrogens (tertiary/aromatic N) is 1. The van der Waals surface area contributed by atoms with E-state index in [4.69, 9.17) is 0 Å². The van der Waals surface area contributed by atoms with Crippen molar-refractivity contribution >= 4 is 24.2 Å². The van der Waals surface area contributed by atoms with Gasteiger partial charge in [0.05, 0.1) is 0 Å². The van der Waals surface area contributed by atoms with E-state index in [0.29, 0.717) is 12.0 Å². The molecule has 2 N–H and O–H groups in total. The fraction of sp³-hybridized carbons (Fsp3) is 0.500. The summed E-state index contributed by atoms with van der Waals surface area (Å²) in [7, 11) is 0. The first-order chi connectivity index (χ1) is 10.1. The predicted octanol–water partition coefficient (Wildman–Crippen LogP) is 1.44. The van der Waals surface area contributed by atoms with Crippen molar-refractivity contribution < 1.29 is 9.59 Å². The zero-order chi connectivity index (χ0) is 15.2. The molecule has 0 aliphatic carbocycles. The van der Waals surface area contributed by atoms with Gasteiger partial charge in [0.15, 0.2) is 0 Å². The third-order valence-corrected chi connectivity index (χ3v) is 3.72. The van der Waals surface area contributed by atoms with E-state index in [2.05, 4.69) is 10.6 Å². The van der Waals surface area contributed by atoms with Gasteiger partial charge in [-0.2, -0.15) is 0 Å². The van der Waals surface area contributed by atoms with Gasteiger partial charge in [-0.15, -0.1) is 12.4 Å². The number of amides is 2. The van der Waals surface area contributed by atoms with Gasteiger partial charge in [0, 0.05) is 43.7 Å². The number of carbonyl (C=O) groups excluding carboxylic acids is 2. The Bertz CT molecular complexity index is 495. The maximum absolute atomic E-state index is 12.3. The third-order valence-electron chi connectivity index (χ3n) is 3.72. The first kappa shape index (κ1) is 18.5. The molecular formula is C16H24ClN3O2. The summed E-state index contributed by atoms with van der Waals surface area (Å²) < 4.78 is 0. The number of nitrogens with one attached hydrogen (secondary N) is 2. The second-order valence-electron chi connectivity index (χ2n) is 5.58. The minimum absolute atomic E-state index is 0. The van der Waals surface area contributed by atoms with Gasteiger partial charge in [-0.05, 0) is 26.0 Å². The van der Waals surface area contributed by atoms with Crippen molar-refractivity contribution in [2.75, 3.05) is 19.6 Å². The molecule has 2 atom stereocenters. The third kappa shape index (κ3) is 5.00. The van der Waals surface area contributed by atoms with Crippen LogP contribution >= 0.6 is 12.4 Å². The Kier molecular flexibility index (Phi) is 7.35. The van der Waals surface area contributed by atoms with E-state index in [1.54, 1.807) is 12.1 Å². The van der Waals surface area contributed by atoms with Gasteiger partial charge >= 0.3 is 0 Å². The maximum atomic E-state index is 12.3. The van der Waals surface area contributed by atoms with Crippen molar-refractivity contribution in [3.8, 4) is 0 Å². The lowest BCUT2D eigenvalue weighted by Gasteiger charge is -2.34. The van der Waals surface area contributed by atoms with Crippen LogP contribution in [0.3, 0.4) is 0 Å². The van der Waals surface area contributed by atoms with Crippen LogP contribution in [0.4, 0.5) is 0 Å². The minimum atomic E-state index is -0.174. The van der Waals surface area contributed by atoms with Crippen LogP contribution in [0.2, 0.25) is 0 Å². The standard InChI is InChI=1S/C16H23N3O2.ClH/c1-12(18-16(21)14-6-4-3-5-7-14)10-15(20)19-9-8-17-11-13(19)2;/h3-7,12-13,17H,8-11H2,1-2H3,(H,18,21);1H/t12?,13-;/m1./s1. The molecule has 1 aliphatic rings. The molecule has 22 heavy (non-hydrogen) atoms. The summed E-state index contributed by atoms with van der Waals surface area (Å²) in [6.45, 7) is 6.31. The summed E-state index contributed by atoms with van der Waals surface area (Å²) >= 11 is 0. The van der Waals surface area contributed by atoms with Gasteiger partial charge in [-0.25, -0.2) is 0 Å². The highest BCUT2D eigenvalue weighted by Gasteiger charge is 2.24. The lowest BCUT2D eigenvalue weighted by molar-refractivity contribution is -0.134. The van der Waals surface area contributed by atoms with E-state index >= 15 is 0 Å². The molecule has 1 fully saturated rings.